The van der Waals surface area contributed by atoms with Gasteiger partial charge in [0.15, 0.2) is 0 Å². The summed E-state index contributed by atoms with van der Waals surface area (Å²) in [5.74, 6) is 0.854. The Morgan fingerprint density at radius 1 is 1.24 bits per heavy atom. The molecule has 0 spiro atoms. The number of hydrogen-bond donors (Lipinski definition) is 2. The predicted octanol–water partition coefficient (Wildman–Crippen LogP) is 3.40. The Balaban J connectivity index is 1.81. The lowest BCUT2D eigenvalue weighted by molar-refractivity contribution is -0.137. The number of aliphatic hydroxyl groups is 1. The molecule has 1 aromatic carbocycles. The first-order valence-electron chi connectivity index (χ1n) is 7.45. The normalized spacial score (nSPS) is 13.2. The van der Waals surface area contributed by atoms with Gasteiger partial charge in [0.1, 0.15) is 17.0 Å². The molecule has 0 fully saturated rings. The fourth-order valence-electron chi connectivity index (χ4n) is 2.46. The first-order valence-corrected chi connectivity index (χ1v) is 7.45. The summed E-state index contributed by atoms with van der Waals surface area (Å²) in [6.07, 6.45) is -5.61. The topological polar surface area (TPSA) is 84.1 Å². The van der Waals surface area contributed by atoms with Crippen molar-refractivity contribution < 1.29 is 22.8 Å². The van der Waals surface area contributed by atoms with Gasteiger partial charge in [0.05, 0.1) is 17.4 Å². The number of nitrogens with one attached hydrogen (secondary N) is 1. The summed E-state index contributed by atoms with van der Waals surface area (Å²) in [7, 11) is 0. The molecule has 9 heteroatoms. The van der Waals surface area contributed by atoms with Crippen LogP contribution in [0, 0.1) is 13.8 Å². The third-order valence-corrected chi connectivity index (χ3v) is 3.68. The van der Waals surface area contributed by atoms with Crippen LogP contribution in [0.25, 0.3) is 11.1 Å². The molecule has 0 aliphatic carbocycles. The molecule has 0 bridgehead atoms. The molecule has 0 saturated carbocycles. The van der Waals surface area contributed by atoms with E-state index >= 15 is 0 Å². The second kappa shape index (κ2) is 6.32. The van der Waals surface area contributed by atoms with Crippen molar-refractivity contribution in [1.29, 1.82) is 0 Å². The summed E-state index contributed by atoms with van der Waals surface area (Å²) in [6.45, 7) is 3.36. The minimum absolute atomic E-state index is 0.0303. The molecule has 1 atom stereocenters. The fourth-order valence-corrected chi connectivity index (χ4v) is 2.46. The predicted molar refractivity (Wildman–Crippen MR) is 84.0 cm³/mol. The summed E-state index contributed by atoms with van der Waals surface area (Å²) in [5.41, 5.74) is 0.234. The number of aliphatic hydroxyl groups excluding tert-OH is 1. The number of aromatic nitrogens is 3. The molecule has 0 aliphatic heterocycles. The van der Waals surface area contributed by atoms with Gasteiger partial charge in [0.25, 0.3) is 5.71 Å². The van der Waals surface area contributed by atoms with E-state index in [0.29, 0.717) is 28.4 Å². The van der Waals surface area contributed by atoms with Crippen LogP contribution in [-0.2, 0) is 6.18 Å². The van der Waals surface area contributed by atoms with E-state index in [1.807, 2.05) is 0 Å². The van der Waals surface area contributed by atoms with Crippen LogP contribution in [0.4, 0.5) is 19.0 Å². The maximum Gasteiger partial charge on any atom is 0.416 e. The number of benzene rings is 1. The quantitative estimate of drug-likeness (QED) is 0.749. The molecule has 0 saturated heterocycles. The molecule has 0 amide bonds. The van der Waals surface area contributed by atoms with E-state index < -0.39 is 17.8 Å². The number of rotatable bonds is 4. The summed E-state index contributed by atoms with van der Waals surface area (Å²) in [6, 6.07) is 4.59. The van der Waals surface area contributed by atoms with Gasteiger partial charge in [-0.25, -0.2) is 4.98 Å². The summed E-state index contributed by atoms with van der Waals surface area (Å²) in [4.78, 5) is 8.36. The zero-order valence-electron chi connectivity index (χ0n) is 13.4. The molecule has 25 heavy (non-hydrogen) atoms. The first-order chi connectivity index (χ1) is 11.8. The van der Waals surface area contributed by atoms with Gasteiger partial charge in [0, 0.05) is 6.54 Å². The number of halogens is 3. The smallest absolute Gasteiger partial charge is 0.387 e. The van der Waals surface area contributed by atoms with Crippen molar-refractivity contribution in [3.63, 3.8) is 0 Å². The second-order valence-electron chi connectivity index (χ2n) is 5.59. The molecule has 132 valence electrons. The van der Waals surface area contributed by atoms with Gasteiger partial charge in [-0.05, 0) is 31.5 Å². The highest BCUT2D eigenvalue weighted by molar-refractivity contribution is 5.87. The third-order valence-electron chi connectivity index (χ3n) is 3.68. The molecule has 6 nitrogen and oxygen atoms in total. The van der Waals surface area contributed by atoms with Crippen LogP contribution in [0.2, 0.25) is 0 Å². The average molecular weight is 352 g/mol. The molecule has 2 N–H and O–H groups in total. The summed E-state index contributed by atoms with van der Waals surface area (Å²) < 4.78 is 43.4. The number of aryl methyl sites for hydroxylation is 2. The lowest BCUT2D eigenvalue weighted by Crippen LogP contribution is -2.15. The summed E-state index contributed by atoms with van der Waals surface area (Å²) >= 11 is 0. The van der Waals surface area contributed by atoms with E-state index in [9.17, 15) is 18.3 Å². The highest BCUT2D eigenvalue weighted by Gasteiger charge is 2.30. The molecular weight excluding hydrogens is 337 g/mol. The van der Waals surface area contributed by atoms with Crippen molar-refractivity contribution >= 4 is 16.9 Å². The zero-order chi connectivity index (χ0) is 18.2. The van der Waals surface area contributed by atoms with E-state index in [-0.39, 0.29) is 12.1 Å². The van der Waals surface area contributed by atoms with Crippen molar-refractivity contribution in [2.45, 2.75) is 26.1 Å². The Morgan fingerprint density at radius 2 is 2.00 bits per heavy atom. The van der Waals surface area contributed by atoms with Crippen LogP contribution in [0.3, 0.4) is 0 Å². The van der Waals surface area contributed by atoms with E-state index in [1.165, 1.54) is 12.1 Å². The van der Waals surface area contributed by atoms with Gasteiger partial charge in [-0.3, -0.25) is 0 Å². The van der Waals surface area contributed by atoms with Crippen molar-refractivity contribution in [3.05, 3.63) is 46.9 Å². The minimum Gasteiger partial charge on any atom is -0.387 e. The van der Waals surface area contributed by atoms with Gasteiger partial charge in [-0.15, -0.1) is 0 Å². The van der Waals surface area contributed by atoms with Gasteiger partial charge in [-0.1, -0.05) is 17.3 Å². The Kier molecular flexibility index (Phi) is 4.34. The van der Waals surface area contributed by atoms with Crippen LogP contribution in [0.1, 0.15) is 28.7 Å². The molecule has 0 radical (unpaired) electrons. The molecule has 3 rings (SSSR count). The molecular formula is C16H15F3N4O2. The van der Waals surface area contributed by atoms with Crippen LogP contribution < -0.4 is 5.32 Å². The number of fused-ring (bicyclic) bond motifs is 1. The molecule has 2 heterocycles. The lowest BCUT2D eigenvalue weighted by Gasteiger charge is -2.15. The van der Waals surface area contributed by atoms with E-state index in [1.54, 1.807) is 13.8 Å². The van der Waals surface area contributed by atoms with Gasteiger partial charge in [-0.2, -0.15) is 18.2 Å². The largest absolute Gasteiger partial charge is 0.416 e. The highest BCUT2D eigenvalue weighted by atomic mass is 19.4. The standard InChI is InChI=1S/C16H15F3N4O2/c1-8-13-14(21-9(2)22-15(13)25-23-8)20-7-12(24)10-4-3-5-11(6-10)16(17,18)19/h3-6,12,24H,7H2,1-2H3,(H,20,21,22)/t12-/m0/s1. The first kappa shape index (κ1) is 17.2. The third kappa shape index (κ3) is 3.55. The Morgan fingerprint density at radius 3 is 2.72 bits per heavy atom. The molecule has 2 aromatic heterocycles. The van der Waals surface area contributed by atoms with Crippen LogP contribution in [0.15, 0.2) is 28.8 Å². The number of anilines is 1. The SMILES string of the molecule is Cc1nc(NC[C@H](O)c2cccc(C(F)(F)F)c2)c2c(C)noc2n1. The van der Waals surface area contributed by atoms with Crippen LogP contribution >= 0.6 is 0 Å². The monoisotopic (exact) mass is 352 g/mol. The maximum atomic E-state index is 12.8. The van der Waals surface area contributed by atoms with Crippen molar-refractivity contribution in [3.8, 4) is 0 Å². The van der Waals surface area contributed by atoms with Gasteiger partial charge < -0.3 is 14.9 Å². The van der Waals surface area contributed by atoms with E-state index in [4.69, 9.17) is 4.52 Å². The fraction of sp³-hybridized carbons (Fsp3) is 0.312. The number of alkyl halides is 3. The summed E-state index contributed by atoms with van der Waals surface area (Å²) in [5, 5.41) is 17.5. The molecule has 3 aromatic rings. The zero-order valence-corrected chi connectivity index (χ0v) is 13.4. The maximum absolute atomic E-state index is 12.8. The lowest BCUT2D eigenvalue weighted by atomic mass is 10.1. The van der Waals surface area contributed by atoms with E-state index in [0.717, 1.165) is 12.1 Å². The minimum atomic E-state index is -4.46. The van der Waals surface area contributed by atoms with Crippen molar-refractivity contribution in [2.75, 3.05) is 11.9 Å². The van der Waals surface area contributed by atoms with Crippen LogP contribution in [-0.4, -0.2) is 26.8 Å². The highest BCUT2D eigenvalue weighted by Crippen LogP contribution is 2.31. The second-order valence-corrected chi connectivity index (χ2v) is 5.59. The molecule has 0 aliphatic rings. The Labute approximate surface area is 140 Å². The van der Waals surface area contributed by atoms with E-state index in [2.05, 4.69) is 20.4 Å². The number of hydrogen-bond acceptors (Lipinski definition) is 6. The Bertz CT molecular complexity index is 908. The average Bonchev–Trinajstić information content (AvgIpc) is 2.92. The van der Waals surface area contributed by atoms with Crippen molar-refractivity contribution in [2.24, 2.45) is 0 Å². The van der Waals surface area contributed by atoms with Crippen LogP contribution in [0.5, 0.6) is 0 Å². The van der Waals surface area contributed by atoms with Gasteiger partial charge >= 0.3 is 6.18 Å². The Hall–Kier alpha value is -2.68. The van der Waals surface area contributed by atoms with Crippen molar-refractivity contribution in [1.82, 2.24) is 15.1 Å². The number of nitrogens with zero attached hydrogens (tertiary/aromatic N) is 3. The van der Waals surface area contributed by atoms with Gasteiger partial charge in [0.2, 0.25) is 0 Å². The molecule has 0 unspecified atom stereocenters.